The normalized spacial score (nSPS) is 14.0. The summed E-state index contributed by atoms with van der Waals surface area (Å²) in [7, 11) is 0. The fraction of sp³-hybridized carbons (Fsp3) is 0.714. The monoisotopic (exact) mass is 293 g/mol. The summed E-state index contributed by atoms with van der Waals surface area (Å²) in [6.45, 7) is 5.16. The number of hydrogen-bond acceptors (Lipinski definition) is 4. The first-order valence-corrected chi connectivity index (χ1v) is 7.64. The Labute approximate surface area is 124 Å². The third-order valence-corrected chi connectivity index (χ3v) is 3.35. The molecule has 1 aliphatic rings. The number of hydrogen-bond donors (Lipinski definition) is 2. The van der Waals surface area contributed by atoms with Crippen molar-refractivity contribution in [2.45, 2.75) is 45.4 Å². The molecule has 1 saturated carbocycles. The van der Waals surface area contributed by atoms with Crippen LogP contribution in [0.25, 0.3) is 0 Å². The first-order chi connectivity index (χ1) is 10.2. The van der Waals surface area contributed by atoms with Crippen LogP contribution < -0.4 is 5.32 Å². The Morgan fingerprint density at radius 3 is 2.71 bits per heavy atom. The third kappa shape index (κ3) is 4.27. The van der Waals surface area contributed by atoms with Crippen LogP contribution in [0.4, 0.5) is 0 Å². The van der Waals surface area contributed by atoms with Gasteiger partial charge >= 0.3 is 0 Å². The van der Waals surface area contributed by atoms with E-state index in [1.165, 1.54) is 4.90 Å². The van der Waals surface area contributed by atoms with Gasteiger partial charge in [-0.3, -0.25) is 14.7 Å². The lowest BCUT2D eigenvalue weighted by atomic mass is 10.3. The highest BCUT2D eigenvalue weighted by molar-refractivity contribution is 5.93. The number of aromatic nitrogens is 3. The number of carbonyl (C=O) groups excluding carboxylic acids is 2. The standard InChI is InChI=1S/C14H23N5O2/c1-3-7-15-11(20)9-19(8-4-2)14(21)13-16-12(17-18-13)10-5-6-10/h10H,3-9H2,1-2H3,(H,15,20)(H,16,17,18). The van der Waals surface area contributed by atoms with Gasteiger partial charge in [-0.25, -0.2) is 4.98 Å². The highest BCUT2D eigenvalue weighted by Crippen LogP contribution is 2.37. The highest BCUT2D eigenvalue weighted by atomic mass is 16.2. The maximum atomic E-state index is 12.4. The van der Waals surface area contributed by atoms with Crippen LogP contribution in [-0.2, 0) is 4.79 Å². The van der Waals surface area contributed by atoms with Gasteiger partial charge in [0.2, 0.25) is 11.7 Å². The third-order valence-electron chi connectivity index (χ3n) is 3.35. The minimum absolute atomic E-state index is 0.0555. The summed E-state index contributed by atoms with van der Waals surface area (Å²) in [5, 5.41) is 9.59. The summed E-state index contributed by atoms with van der Waals surface area (Å²) < 4.78 is 0. The van der Waals surface area contributed by atoms with E-state index in [0.29, 0.717) is 19.0 Å². The molecule has 2 amide bonds. The van der Waals surface area contributed by atoms with Crippen molar-refractivity contribution in [3.63, 3.8) is 0 Å². The molecule has 1 aliphatic carbocycles. The van der Waals surface area contributed by atoms with Crippen molar-refractivity contribution in [2.24, 2.45) is 0 Å². The number of aromatic amines is 1. The van der Waals surface area contributed by atoms with Crippen LogP contribution in [0.15, 0.2) is 0 Å². The van der Waals surface area contributed by atoms with E-state index in [1.54, 1.807) is 0 Å². The zero-order valence-electron chi connectivity index (χ0n) is 12.7. The van der Waals surface area contributed by atoms with E-state index < -0.39 is 0 Å². The lowest BCUT2D eigenvalue weighted by molar-refractivity contribution is -0.121. The number of amides is 2. The molecule has 0 saturated heterocycles. The molecule has 0 atom stereocenters. The summed E-state index contributed by atoms with van der Waals surface area (Å²) in [6, 6.07) is 0. The molecule has 1 aromatic rings. The second-order valence-corrected chi connectivity index (χ2v) is 5.40. The van der Waals surface area contributed by atoms with Crippen molar-refractivity contribution < 1.29 is 9.59 Å². The van der Waals surface area contributed by atoms with Gasteiger partial charge in [-0.1, -0.05) is 13.8 Å². The summed E-state index contributed by atoms with van der Waals surface area (Å²) in [5.74, 6) is 0.939. The molecule has 0 aliphatic heterocycles. The molecule has 0 unspecified atom stereocenters. The molecule has 1 heterocycles. The van der Waals surface area contributed by atoms with Crippen LogP contribution >= 0.6 is 0 Å². The Bertz CT molecular complexity index is 495. The molecule has 0 aromatic carbocycles. The SMILES string of the molecule is CCCNC(=O)CN(CCC)C(=O)c1n[nH]c(C2CC2)n1. The summed E-state index contributed by atoms with van der Waals surface area (Å²) >= 11 is 0. The molecule has 7 heteroatoms. The van der Waals surface area contributed by atoms with E-state index in [-0.39, 0.29) is 24.2 Å². The topological polar surface area (TPSA) is 91.0 Å². The van der Waals surface area contributed by atoms with Crippen molar-refractivity contribution in [3.05, 3.63) is 11.6 Å². The summed E-state index contributed by atoms with van der Waals surface area (Å²) in [6.07, 6.45) is 3.85. The van der Waals surface area contributed by atoms with Gasteiger partial charge in [0.15, 0.2) is 0 Å². The van der Waals surface area contributed by atoms with Gasteiger partial charge < -0.3 is 10.2 Å². The van der Waals surface area contributed by atoms with E-state index in [4.69, 9.17) is 0 Å². The average molecular weight is 293 g/mol. The molecular formula is C14H23N5O2. The number of H-pyrrole nitrogens is 1. The van der Waals surface area contributed by atoms with Crippen LogP contribution in [0, 0.1) is 0 Å². The Balaban J connectivity index is 1.97. The van der Waals surface area contributed by atoms with E-state index in [9.17, 15) is 9.59 Å². The van der Waals surface area contributed by atoms with Crippen LogP contribution in [0.1, 0.15) is 61.9 Å². The van der Waals surface area contributed by atoms with Crippen molar-refractivity contribution in [3.8, 4) is 0 Å². The Morgan fingerprint density at radius 2 is 2.10 bits per heavy atom. The van der Waals surface area contributed by atoms with Crippen molar-refractivity contribution in [1.29, 1.82) is 0 Å². The first kappa shape index (κ1) is 15.5. The maximum absolute atomic E-state index is 12.4. The number of carbonyl (C=O) groups is 2. The molecule has 0 spiro atoms. The van der Waals surface area contributed by atoms with Crippen LogP contribution in [0.2, 0.25) is 0 Å². The molecule has 116 valence electrons. The number of nitrogens with one attached hydrogen (secondary N) is 2. The molecule has 0 radical (unpaired) electrons. The predicted octanol–water partition coefficient (Wildman–Crippen LogP) is 1.06. The summed E-state index contributed by atoms with van der Waals surface area (Å²) in [4.78, 5) is 30.0. The van der Waals surface area contributed by atoms with Crippen LogP contribution in [-0.4, -0.2) is 51.5 Å². The van der Waals surface area contributed by atoms with Gasteiger partial charge in [-0.2, -0.15) is 0 Å². The maximum Gasteiger partial charge on any atom is 0.293 e. The van der Waals surface area contributed by atoms with Gasteiger partial charge in [-0.15, -0.1) is 5.10 Å². The van der Waals surface area contributed by atoms with Crippen molar-refractivity contribution in [1.82, 2.24) is 25.4 Å². The molecule has 1 fully saturated rings. The Hall–Kier alpha value is -1.92. The second-order valence-electron chi connectivity index (χ2n) is 5.40. The van der Waals surface area contributed by atoms with Crippen molar-refractivity contribution >= 4 is 11.8 Å². The fourth-order valence-corrected chi connectivity index (χ4v) is 2.07. The zero-order chi connectivity index (χ0) is 15.2. The molecule has 2 rings (SSSR count). The van der Waals surface area contributed by atoms with Gasteiger partial charge in [0.25, 0.3) is 5.91 Å². The predicted molar refractivity (Wildman–Crippen MR) is 77.9 cm³/mol. The van der Waals surface area contributed by atoms with E-state index in [1.807, 2.05) is 13.8 Å². The molecule has 0 bridgehead atoms. The lowest BCUT2D eigenvalue weighted by Gasteiger charge is -2.19. The van der Waals surface area contributed by atoms with Crippen LogP contribution in [0.5, 0.6) is 0 Å². The molecule has 21 heavy (non-hydrogen) atoms. The molecule has 7 nitrogen and oxygen atoms in total. The number of rotatable bonds is 8. The molecule has 1 aromatic heterocycles. The van der Waals surface area contributed by atoms with E-state index in [2.05, 4.69) is 20.5 Å². The average Bonchev–Trinajstić information content (AvgIpc) is 3.21. The zero-order valence-corrected chi connectivity index (χ0v) is 12.7. The summed E-state index contributed by atoms with van der Waals surface area (Å²) in [5.41, 5.74) is 0. The number of nitrogens with zero attached hydrogens (tertiary/aromatic N) is 3. The molecule has 2 N–H and O–H groups in total. The van der Waals surface area contributed by atoms with Gasteiger partial charge in [-0.05, 0) is 25.7 Å². The lowest BCUT2D eigenvalue weighted by Crippen LogP contribution is -2.41. The minimum Gasteiger partial charge on any atom is -0.355 e. The first-order valence-electron chi connectivity index (χ1n) is 7.64. The molecular weight excluding hydrogens is 270 g/mol. The highest BCUT2D eigenvalue weighted by Gasteiger charge is 2.29. The van der Waals surface area contributed by atoms with Gasteiger partial charge in [0.05, 0.1) is 6.54 Å². The smallest absolute Gasteiger partial charge is 0.293 e. The van der Waals surface area contributed by atoms with E-state index in [0.717, 1.165) is 31.5 Å². The van der Waals surface area contributed by atoms with Crippen molar-refractivity contribution in [2.75, 3.05) is 19.6 Å². The Kier molecular flexibility index (Phi) is 5.30. The van der Waals surface area contributed by atoms with Crippen LogP contribution in [0.3, 0.4) is 0 Å². The minimum atomic E-state index is -0.286. The Morgan fingerprint density at radius 1 is 1.33 bits per heavy atom. The van der Waals surface area contributed by atoms with E-state index >= 15 is 0 Å². The fourth-order valence-electron chi connectivity index (χ4n) is 2.07. The second kappa shape index (κ2) is 7.19. The van der Waals surface area contributed by atoms with Gasteiger partial charge in [0, 0.05) is 19.0 Å². The quantitative estimate of drug-likeness (QED) is 0.750. The van der Waals surface area contributed by atoms with Gasteiger partial charge in [0.1, 0.15) is 5.82 Å². The largest absolute Gasteiger partial charge is 0.355 e.